The zero-order chi connectivity index (χ0) is 9.14. The molecule has 0 aliphatic heterocycles. The molecule has 0 fully saturated rings. The molecule has 0 amide bonds. The van der Waals surface area contributed by atoms with Crippen molar-refractivity contribution in [2.75, 3.05) is 14.1 Å². The summed E-state index contributed by atoms with van der Waals surface area (Å²) in [5, 5.41) is 6.28. The second kappa shape index (κ2) is 3.74. The number of allylic oxidation sites excluding steroid dienone is 2. The van der Waals surface area contributed by atoms with E-state index in [0.717, 1.165) is 12.3 Å². The van der Waals surface area contributed by atoms with Gasteiger partial charge in [-0.25, -0.2) is 0 Å². The van der Waals surface area contributed by atoms with Crippen LogP contribution in [0.15, 0.2) is 16.8 Å². The third kappa shape index (κ3) is 2.68. The van der Waals surface area contributed by atoms with Crippen molar-refractivity contribution in [3.05, 3.63) is 11.6 Å². The molecule has 0 bridgehead atoms. The molecule has 0 aromatic rings. The highest BCUT2D eigenvalue weighted by atomic mass is 15.4. The largest absolute Gasteiger partial charge is 0.303 e. The molecule has 0 saturated carbocycles. The molecule has 0 N–H and O–H groups in total. The maximum absolute atomic E-state index is 4.41. The topological polar surface area (TPSA) is 15.6 Å². The van der Waals surface area contributed by atoms with E-state index in [1.54, 1.807) is 0 Å². The second-order valence-electron chi connectivity index (χ2n) is 3.94. The maximum atomic E-state index is 4.41. The molecule has 0 spiro atoms. The molecule has 2 nitrogen and oxygen atoms in total. The summed E-state index contributed by atoms with van der Waals surface area (Å²) in [4.78, 5) is 0. The summed E-state index contributed by atoms with van der Waals surface area (Å²) >= 11 is 0. The van der Waals surface area contributed by atoms with E-state index in [1.165, 1.54) is 17.7 Å². The Bertz CT molecular complexity index is 214. The van der Waals surface area contributed by atoms with E-state index >= 15 is 0 Å². The van der Waals surface area contributed by atoms with E-state index in [-0.39, 0.29) is 0 Å². The second-order valence-corrected chi connectivity index (χ2v) is 3.94. The molecule has 12 heavy (non-hydrogen) atoms. The Hall–Kier alpha value is -0.790. The molecular weight excluding hydrogens is 148 g/mol. The number of hydrazone groups is 1. The molecule has 0 aromatic heterocycles. The minimum Gasteiger partial charge on any atom is -0.303 e. The van der Waals surface area contributed by atoms with Crippen molar-refractivity contribution in [2.24, 2.45) is 11.0 Å². The average molecular weight is 166 g/mol. The average Bonchev–Trinajstić information content (AvgIpc) is 1.81. The predicted molar refractivity (Wildman–Crippen MR) is 53.3 cm³/mol. The molecule has 2 heteroatoms. The van der Waals surface area contributed by atoms with Crippen LogP contribution in [0.25, 0.3) is 0 Å². The monoisotopic (exact) mass is 166 g/mol. The standard InChI is InChI=1S/C10H18N2/c1-8-5-9(2)7-10(6-8)11-12(3)4/h6,9H,5,7H2,1-4H3/b11-10-. The van der Waals surface area contributed by atoms with Gasteiger partial charge in [0.05, 0.1) is 5.71 Å². The van der Waals surface area contributed by atoms with Gasteiger partial charge >= 0.3 is 0 Å². The Balaban J connectivity index is 2.73. The van der Waals surface area contributed by atoms with Crippen LogP contribution in [-0.4, -0.2) is 24.8 Å². The fourth-order valence-corrected chi connectivity index (χ4v) is 1.71. The van der Waals surface area contributed by atoms with Crippen LogP contribution in [-0.2, 0) is 0 Å². The van der Waals surface area contributed by atoms with Gasteiger partial charge in [0.1, 0.15) is 0 Å². The molecule has 0 saturated heterocycles. The lowest BCUT2D eigenvalue weighted by Gasteiger charge is -2.19. The van der Waals surface area contributed by atoms with Gasteiger partial charge in [-0.2, -0.15) is 5.10 Å². The first-order valence-electron chi connectivity index (χ1n) is 4.50. The summed E-state index contributed by atoms with van der Waals surface area (Å²) in [6.07, 6.45) is 4.56. The van der Waals surface area contributed by atoms with E-state index in [2.05, 4.69) is 25.0 Å². The molecular formula is C10H18N2. The highest BCUT2D eigenvalue weighted by Gasteiger charge is 2.12. The van der Waals surface area contributed by atoms with Crippen LogP contribution in [0.3, 0.4) is 0 Å². The Morgan fingerprint density at radius 2 is 2.08 bits per heavy atom. The third-order valence-electron chi connectivity index (χ3n) is 1.97. The summed E-state index contributed by atoms with van der Waals surface area (Å²) in [5.41, 5.74) is 2.67. The molecule has 0 aromatic carbocycles. The highest BCUT2D eigenvalue weighted by Crippen LogP contribution is 2.21. The molecule has 1 aliphatic rings. The Kier molecular flexibility index (Phi) is 2.90. The van der Waals surface area contributed by atoms with Gasteiger partial charge in [-0.3, -0.25) is 0 Å². The lowest BCUT2D eigenvalue weighted by Crippen LogP contribution is -2.14. The van der Waals surface area contributed by atoms with Crippen LogP contribution >= 0.6 is 0 Å². The van der Waals surface area contributed by atoms with Crippen molar-refractivity contribution in [2.45, 2.75) is 26.7 Å². The van der Waals surface area contributed by atoms with Gasteiger partial charge in [0.2, 0.25) is 0 Å². The molecule has 1 aliphatic carbocycles. The fraction of sp³-hybridized carbons (Fsp3) is 0.700. The van der Waals surface area contributed by atoms with Crippen LogP contribution in [0, 0.1) is 5.92 Å². The first-order valence-corrected chi connectivity index (χ1v) is 4.50. The predicted octanol–water partition coefficient (Wildman–Crippen LogP) is 2.28. The zero-order valence-corrected chi connectivity index (χ0v) is 8.46. The van der Waals surface area contributed by atoms with Crippen molar-refractivity contribution in [1.29, 1.82) is 0 Å². The van der Waals surface area contributed by atoms with E-state index in [1.807, 2.05) is 19.1 Å². The summed E-state index contributed by atoms with van der Waals surface area (Å²) in [7, 11) is 3.94. The number of hydrogen-bond acceptors (Lipinski definition) is 2. The van der Waals surface area contributed by atoms with Gasteiger partial charge in [0, 0.05) is 14.1 Å². The van der Waals surface area contributed by atoms with Crippen molar-refractivity contribution < 1.29 is 0 Å². The van der Waals surface area contributed by atoms with Crippen LogP contribution in [0.1, 0.15) is 26.7 Å². The molecule has 1 atom stereocenters. The molecule has 1 rings (SSSR count). The Labute approximate surface area is 75.0 Å². The van der Waals surface area contributed by atoms with Crippen molar-refractivity contribution in [3.63, 3.8) is 0 Å². The van der Waals surface area contributed by atoms with Crippen LogP contribution < -0.4 is 0 Å². The molecule has 1 unspecified atom stereocenters. The maximum Gasteiger partial charge on any atom is 0.0607 e. The number of hydrogen-bond donors (Lipinski definition) is 0. The van der Waals surface area contributed by atoms with E-state index in [0.29, 0.717) is 0 Å². The van der Waals surface area contributed by atoms with Gasteiger partial charge in [-0.15, -0.1) is 0 Å². The van der Waals surface area contributed by atoms with Gasteiger partial charge in [-0.1, -0.05) is 12.5 Å². The minimum absolute atomic E-state index is 0.758. The summed E-state index contributed by atoms with van der Waals surface area (Å²) in [5.74, 6) is 0.758. The van der Waals surface area contributed by atoms with Crippen molar-refractivity contribution in [3.8, 4) is 0 Å². The lowest BCUT2D eigenvalue weighted by atomic mass is 9.90. The van der Waals surface area contributed by atoms with Crippen molar-refractivity contribution >= 4 is 5.71 Å². The van der Waals surface area contributed by atoms with Crippen LogP contribution in [0.4, 0.5) is 0 Å². The quantitative estimate of drug-likeness (QED) is 0.546. The molecule has 0 heterocycles. The van der Waals surface area contributed by atoms with Gasteiger partial charge < -0.3 is 5.01 Å². The third-order valence-corrected chi connectivity index (χ3v) is 1.97. The summed E-state index contributed by atoms with van der Waals surface area (Å²) in [6, 6.07) is 0. The van der Waals surface area contributed by atoms with E-state index in [9.17, 15) is 0 Å². The fourth-order valence-electron chi connectivity index (χ4n) is 1.71. The first-order chi connectivity index (χ1) is 5.58. The van der Waals surface area contributed by atoms with Crippen molar-refractivity contribution in [1.82, 2.24) is 5.01 Å². The lowest BCUT2D eigenvalue weighted by molar-refractivity contribution is 0.433. The smallest absolute Gasteiger partial charge is 0.0607 e. The van der Waals surface area contributed by atoms with E-state index < -0.39 is 0 Å². The van der Waals surface area contributed by atoms with Gasteiger partial charge in [-0.05, 0) is 31.8 Å². The SMILES string of the molecule is CC1=C/C(=N/N(C)C)CC(C)C1. The zero-order valence-electron chi connectivity index (χ0n) is 8.46. The summed E-state index contributed by atoms with van der Waals surface area (Å²) in [6.45, 7) is 4.46. The first kappa shape index (κ1) is 9.30. The number of rotatable bonds is 1. The van der Waals surface area contributed by atoms with Crippen LogP contribution in [0.5, 0.6) is 0 Å². The normalized spacial score (nSPS) is 27.2. The minimum atomic E-state index is 0.758. The Morgan fingerprint density at radius 1 is 1.42 bits per heavy atom. The molecule has 68 valence electrons. The molecule has 0 radical (unpaired) electrons. The Morgan fingerprint density at radius 3 is 2.58 bits per heavy atom. The van der Waals surface area contributed by atoms with Crippen LogP contribution in [0.2, 0.25) is 0 Å². The summed E-state index contributed by atoms with van der Waals surface area (Å²) < 4.78 is 0. The number of nitrogens with zero attached hydrogens (tertiary/aromatic N) is 2. The highest BCUT2D eigenvalue weighted by molar-refractivity contribution is 5.96. The van der Waals surface area contributed by atoms with Gasteiger partial charge in [0.15, 0.2) is 0 Å². The van der Waals surface area contributed by atoms with Gasteiger partial charge in [0.25, 0.3) is 0 Å². The van der Waals surface area contributed by atoms with E-state index in [4.69, 9.17) is 0 Å².